The van der Waals surface area contributed by atoms with Crippen molar-refractivity contribution < 1.29 is 4.79 Å². The lowest BCUT2D eigenvalue weighted by molar-refractivity contribution is -0.117. The minimum atomic E-state index is -0.253. The lowest BCUT2D eigenvalue weighted by atomic mass is 10.1. The summed E-state index contributed by atoms with van der Waals surface area (Å²) in [5.74, 6) is 0.477. The Morgan fingerprint density at radius 1 is 1.11 bits per heavy atom. The van der Waals surface area contributed by atoms with E-state index >= 15 is 0 Å². The highest BCUT2D eigenvalue weighted by Crippen LogP contribution is 2.48. The molecule has 5 rings (SSSR count). The summed E-state index contributed by atoms with van der Waals surface area (Å²) in [6.07, 6.45) is 2.43. The zero-order valence-corrected chi connectivity index (χ0v) is 16.0. The number of hydrogen-bond acceptors (Lipinski definition) is 5. The van der Waals surface area contributed by atoms with Gasteiger partial charge in [0.25, 0.3) is 0 Å². The molecule has 2 aliphatic rings. The average Bonchev–Trinajstić information content (AvgIpc) is 3.39. The lowest BCUT2D eigenvalue weighted by Crippen LogP contribution is -2.35. The van der Waals surface area contributed by atoms with Gasteiger partial charge in [0, 0.05) is 22.9 Å². The Hall–Kier alpha value is -2.96. The van der Waals surface area contributed by atoms with Crippen molar-refractivity contribution in [2.45, 2.75) is 18.5 Å². The first-order valence-corrected chi connectivity index (χ1v) is 10.2. The van der Waals surface area contributed by atoms with E-state index in [1.165, 1.54) is 5.56 Å². The van der Waals surface area contributed by atoms with Gasteiger partial charge in [0.2, 0.25) is 5.91 Å². The zero-order valence-electron chi connectivity index (χ0n) is 15.2. The van der Waals surface area contributed by atoms with E-state index in [2.05, 4.69) is 22.4 Å². The van der Waals surface area contributed by atoms with Crippen LogP contribution in [0.25, 0.3) is 0 Å². The Morgan fingerprint density at radius 3 is 2.68 bits per heavy atom. The number of carbonyl (C=O) groups excluding carboxylic acids is 1. The van der Waals surface area contributed by atoms with Crippen LogP contribution in [0.2, 0.25) is 0 Å². The minimum Gasteiger partial charge on any atom is -0.326 e. The summed E-state index contributed by atoms with van der Waals surface area (Å²) in [6, 6.07) is 20.0. The summed E-state index contributed by atoms with van der Waals surface area (Å²) in [7, 11) is 0. The number of nitrogens with two attached hydrogens (primary N) is 1. The SMILES string of the molecule is NC1c2ccsc2N=CN1c1ccc(NC(=O)C2CC2c2ccccc2)cc1. The molecule has 0 spiro atoms. The van der Waals surface area contributed by atoms with E-state index in [1.54, 1.807) is 17.7 Å². The molecule has 28 heavy (non-hydrogen) atoms. The number of thiophene rings is 1. The summed E-state index contributed by atoms with van der Waals surface area (Å²) in [6.45, 7) is 0. The van der Waals surface area contributed by atoms with Crippen LogP contribution in [0.15, 0.2) is 71.0 Å². The molecule has 1 aromatic heterocycles. The molecule has 3 N–H and O–H groups in total. The van der Waals surface area contributed by atoms with Gasteiger partial charge in [-0.2, -0.15) is 0 Å². The van der Waals surface area contributed by atoms with E-state index in [0.717, 1.165) is 28.4 Å². The van der Waals surface area contributed by atoms with Crippen LogP contribution >= 0.6 is 11.3 Å². The fraction of sp³-hybridized carbons (Fsp3) is 0.182. The largest absolute Gasteiger partial charge is 0.326 e. The molecule has 5 nitrogen and oxygen atoms in total. The first-order valence-electron chi connectivity index (χ1n) is 9.32. The third-order valence-corrected chi connectivity index (χ3v) is 6.22. The van der Waals surface area contributed by atoms with Crippen molar-refractivity contribution in [3.8, 4) is 0 Å². The van der Waals surface area contributed by atoms with Crippen molar-refractivity contribution in [2.75, 3.05) is 10.2 Å². The molecule has 1 fully saturated rings. The molecule has 3 atom stereocenters. The number of nitrogens with zero attached hydrogens (tertiary/aromatic N) is 2. The summed E-state index contributed by atoms with van der Waals surface area (Å²) in [5.41, 5.74) is 10.4. The Kier molecular flexibility index (Phi) is 4.22. The monoisotopic (exact) mass is 388 g/mol. The maximum Gasteiger partial charge on any atom is 0.228 e. The summed E-state index contributed by atoms with van der Waals surface area (Å²) in [4.78, 5) is 19.0. The van der Waals surface area contributed by atoms with Gasteiger partial charge in [0.05, 0.1) is 6.34 Å². The predicted molar refractivity (Wildman–Crippen MR) is 114 cm³/mol. The van der Waals surface area contributed by atoms with Crippen LogP contribution in [0.1, 0.15) is 29.6 Å². The number of anilines is 2. The van der Waals surface area contributed by atoms with Gasteiger partial charge in [-0.3, -0.25) is 4.79 Å². The molecule has 2 heterocycles. The molecular formula is C22H20N4OS. The van der Waals surface area contributed by atoms with Gasteiger partial charge in [-0.25, -0.2) is 4.99 Å². The fourth-order valence-corrected chi connectivity index (χ4v) is 4.49. The van der Waals surface area contributed by atoms with Crippen LogP contribution in [0, 0.1) is 5.92 Å². The molecule has 1 aliphatic carbocycles. The molecule has 3 aromatic rings. The number of aliphatic imine (C=N–C) groups is 1. The van der Waals surface area contributed by atoms with Crippen molar-refractivity contribution in [2.24, 2.45) is 16.6 Å². The molecule has 1 aliphatic heterocycles. The smallest absolute Gasteiger partial charge is 0.228 e. The van der Waals surface area contributed by atoms with Crippen molar-refractivity contribution in [3.63, 3.8) is 0 Å². The maximum absolute atomic E-state index is 12.5. The summed E-state index contributed by atoms with van der Waals surface area (Å²) >= 11 is 1.59. The number of amides is 1. The second kappa shape index (κ2) is 6.89. The molecule has 1 saturated carbocycles. The topological polar surface area (TPSA) is 70.7 Å². The van der Waals surface area contributed by atoms with E-state index in [4.69, 9.17) is 5.73 Å². The number of benzene rings is 2. The summed E-state index contributed by atoms with van der Waals surface area (Å²) < 4.78 is 0. The van der Waals surface area contributed by atoms with Crippen molar-refractivity contribution in [1.29, 1.82) is 0 Å². The van der Waals surface area contributed by atoms with Crippen LogP contribution < -0.4 is 16.0 Å². The van der Waals surface area contributed by atoms with Gasteiger partial charge in [0.15, 0.2) is 0 Å². The van der Waals surface area contributed by atoms with Crippen molar-refractivity contribution in [1.82, 2.24) is 0 Å². The Morgan fingerprint density at radius 2 is 1.89 bits per heavy atom. The molecule has 0 saturated heterocycles. The third-order valence-electron chi connectivity index (χ3n) is 5.38. The van der Waals surface area contributed by atoms with Gasteiger partial charge < -0.3 is 16.0 Å². The number of rotatable bonds is 4. The van der Waals surface area contributed by atoms with Crippen molar-refractivity contribution in [3.05, 3.63) is 77.2 Å². The maximum atomic E-state index is 12.5. The molecule has 2 aromatic carbocycles. The van der Waals surface area contributed by atoms with E-state index in [1.807, 2.05) is 58.8 Å². The van der Waals surface area contributed by atoms with Gasteiger partial charge in [-0.1, -0.05) is 30.3 Å². The van der Waals surface area contributed by atoms with E-state index in [0.29, 0.717) is 5.92 Å². The molecule has 140 valence electrons. The van der Waals surface area contributed by atoms with E-state index < -0.39 is 0 Å². The highest BCUT2D eigenvalue weighted by molar-refractivity contribution is 7.14. The summed E-state index contributed by atoms with van der Waals surface area (Å²) in [5, 5.41) is 6.00. The molecule has 6 heteroatoms. The van der Waals surface area contributed by atoms with E-state index in [-0.39, 0.29) is 18.0 Å². The Balaban J connectivity index is 1.24. The Labute approximate surface area is 167 Å². The first-order chi connectivity index (χ1) is 13.7. The molecule has 0 radical (unpaired) electrons. The number of nitrogens with one attached hydrogen (secondary N) is 1. The van der Waals surface area contributed by atoms with Crippen LogP contribution in [-0.2, 0) is 4.79 Å². The molecule has 3 unspecified atom stereocenters. The third kappa shape index (κ3) is 3.10. The second-order valence-electron chi connectivity index (χ2n) is 7.17. The van der Waals surface area contributed by atoms with Crippen LogP contribution in [0.5, 0.6) is 0 Å². The average molecular weight is 388 g/mol. The zero-order chi connectivity index (χ0) is 19.1. The standard InChI is InChI=1S/C22H20N4OS/c23-20-17-10-11-28-22(17)24-13-26(20)16-8-6-15(7-9-16)25-21(27)19-12-18(19)14-4-2-1-3-5-14/h1-11,13,18-20H,12,23H2,(H,25,27). The second-order valence-corrected chi connectivity index (χ2v) is 8.07. The number of hydrogen-bond donors (Lipinski definition) is 2. The normalized spacial score (nSPS) is 22.6. The van der Waals surface area contributed by atoms with Crippen LogP contribution in [0.4, 0.5) is 16.4 Å². The fourth-order valence-electron chi connectivity index (χ4n) is 3.71. The van der Waals surface area contributed by atoms with Crippen molar-refractivity contribution >= 4 is 40.0 Å². The lowest BCUT2D eigenvalue weighted by Gasteiger charge is -2.29. The molecule has 0 bridgehead atoms. The number of carbonyl (C=O) groups is 1. The predicted octanol–water partition coefficient (Wildman–Crippen LogP) is 4.63. The molecular weight excluding hydrogens is 368 g/mol. The first kappa shape index (κ1) is 17.2. The van der Waals surface area contributed by atoms with Gasteiger partial charge in [0.1, 0.15) is 11.2 Å². The highest BCUT2D eigenvalue weighted by atomic mass is 32.1. The van der Waals surface area contributed by atoms with Gasteiger partial charge in [-0.05, 0) is 53.6 Å². The Bertz CT molecular complexity index is 1030. The highest BCUT2D eigenvalue weighted by Gasteiger charge is 2.43. The van der Waals surface area contributed by atoms with E-state index in [9.17, 15) is 4.79 Å². The van der Waals surface area contributed by atoms with Crippen LogP contribution in [0.3, 0.4) is 0 Å². The van der Waals surface area contributed by atoms with Gasteiger partial charge >= 0.3 is 0 Å². The van der Waals surface area contributed by atoms with Crippen LogP contribution in [-0.4, -0.2) is 12.2 Å². The molecule has 1 amide bonds. The quantitative estimate of drug-likeness (QED) is 0.685. The van der Waals surface area contributed by atoms with Gasteiger partial charge in [-0.15, -0.1) is 11.3 Å². The number of fused-ring (bicyclic) bond motifs is 1. The minimum absolute atomic E-state index is 0.0572.